The maximum atomic E-state index is 11.4. The first-order chi connectivity index (χ1) is 6.75. The molecule has 1 atom stereocenters. The summed E-state index contributed by atoms with van der Waals surface area (Å²) in [7, 11) is 0. The van der Waals surface area contributed by atoms with Crippen molar-refractivity contribution in [3.63, 3.8) is 0 Å². The van der Waals surface area contributed by atoms with E-state index in [-0.39, 0.29) is 17.9 Å². The predicted octanol–water partition coefficient (Wildman–Crippen LogP) is 0.514. The van der Waals surface area contributed by atoms with Crippen LogP contribution in [0.3, 0.4) is 0 Å². The average Bonchev–Trinajstić information content (AvgIpc) is 2.14. The van der Waals surface area contributed by atoms with Crippen molar-refractivity contribution in [2.24, 2.45) is 0 Å². The Kier molecular flexibility index (Phi) is 2.18. The highest BCUT2D eigenvalue weighted by atomic mass is 16.2. The number of β-lactam (4-membered cyclic amide) rings is 1. The lowest BCUT2D eigenvalue weighted by molar-refractivity contribution is -0.134. The molecule has 0 radical (unpaired) electrons. The lowest BCUT2D eigenvalue weighted by Gasteiger charge is -2.25. The molecule has 1 aromatic carbocycles. The number of para-hydroxylation sites is 1. The Morgan fingerprint density at radius 1 is 1.36 bits per heavy atom. The zero-order chi connectivity index (χ0) is 9.97. The van der Waals surface area contributed by atoms with Crippen molar-refractivity contribution in [1.82, 2.24) is 5.32 Å². The van der Waals surface area contributed by atoms with Gasteiger partial charge in [-0.2, -0.15) is 0 Å². The first-order valence-electron chi connectivity index (χ1n) is 4.41. The fraction of sp³-hybridized carbons (Fsp3) is 0.200. The van der Waals surface area contributed by atoms with Gasteiger partial charge in [-0.3, -0.25) is 9.59 Å². The summed E-state index contributed by atoms with van der Waals surface area (Å²) >= 11 is 0. The van der Waals surface area contributed by atoms with Crippen molar-refractivity contribution in [2.75, 3.05) is 5.32 Å². The van der Waals surface area contributed by atoms with Gasteiger partial charge in [0.25, 0.3) is 0 Å². The van der Waals surface area contributed by atoms with Gasteiger partial charge in [-0.05, 0) is 12.1 Å². The highest BCUT2D eigenvalue weighted by Crippen LogP contribution is 2.09. The number of anilines is 1. The van der Waals surface area contributed by atoms with E-state index in [0.717, 1.165) is 5.69 Å². The van der Waals surface area contributed by atoms with Crippen molar-refractivity contribution < 1.29 is 9.59 Å². The van der Waals surface area contributed by atoms with E-state index in [2.05, 4.69) is 10.6 Å². The molecule has 1 unspecified atom stereocenters. The fourth-order valence-corrected chi connectivity index (χ4v) is 1.27. The van der Waals surface area contributed by atoms with Gasteiger partial charge in [0.05, 0.1) is 6.42 Å². The van der Waals surface area contributed by atoms with Gasteiger partial charge in [-0.1, -0.05) is 18.2 Å². The van der Waals surface area contributed by atoms with E-state index in [1.165, 1.54) is 0 Å². The molecule has 1 fully saturated rings. The van der Waals surface area contributed by atoms with Crippen LogP contribution >= 0.6 is 0 Å². The molecule has 1 aliphatic heterocycles. The largest absolute Gasteiger partial charge is 0.344 e. The van der Waals surface area contributed by atoms with Crippen molar-refractivity contribution in [1.29, 1.82) is 0 Å². The number of rotatable bonds is 2. The van der Waals surface area contributed by atoms with E-state index in [0.29, 0.717) is 6.42 Å². The van der Waals surface area contributed by atoms with Crippen molar-refractivity contribution >= 4 is 17.5 Å². The SMILES string of the molecule is O=C1CC(C(=O)Nc2ccccc2)N1. The van der Waals surface area contributed by atoms with Gasteiger partial charge in [0.2, 0.25) is 11.8 Å². The molecule has 0 saturated carbocycles. The summed E-state index contributed by atoms with van der Waals surface area (Å²) in [4.78, 5) is 22.0. The Morgan fingerprint density at radius 2 is 2.00 bits per heavy atom. The van der Waals surface area contributed by atoms with Crippen LogP contribution in [0.1, 0.15) is 6.42 Å². The highest BCUT2D eigenvalue weighted by Gasteiger charge is 2.31. The van der Waals surface area contributed by atoms with Gasteiger partial charge >= 0.3 is 0 Å². The number of carbonyl (C=O) groups excluding carboxylic acids is 2. The number of amides is 2. The second-order valence-corrected chi connectivity index (χ2v) is 3.18. The molecule has 0 spiro atoms. The molecule has 14 heavy (non-hydrogen) atoms. The first kappa shape index (κ1) is 8.74. The van der Waals surface area contributed by atoms with Gasteiger partial charge in [0, 0.05) is 5.69 Å². The van der Waals surface area contributed by atoms with Gasteiger partial charge < -0.3 is 10.6 Å². The summed E-state index contributed by atoms with van der Waals surface area (Å²) in [6, 6.07) is 8.81. The van der Waals surface area contributed by atoms with Crippen molar-refractivity contribution in [2.45, 2.75) is 12.5 Å². The molecule has 4 nitrogen and oxygen atoms in total. The molecule has 1 saturated heterocycles. The lowest BCUT2D eigenvalue weighted by atomic mass is 10.1. The molecule has 72 valence electrons. The van der Waals surface area contributed by atoms with Gasteiger partial charge in [-0.15, -0.1) is 0 Å². The van der Waals surface area contributed by atoms with Crippen LogP contribution in [-0.4, -0.2) is 17.9 Å². The lowest BCUT2D eigenvalue weighted by Crippen LogP contribution is -2.55. The minimum Gasteiger partial charge on any atom is -0.344 e. The van der Waals surface area contributed by atoms with Crippen LogP contribution in [0.15, 0.2) is 30.3 Å². The minimum absolute atomic E-state index is 0.0711. The van der Waals surface area contributed by atoms with Crippen molar-refractivity contribution in [3.05, 3.63) is 30.3 Å². The van der Waals surface area contributed by atoms with E-state index in [4.69, 9.17) is 0 Å². The molecule has 1 heterocycles. The molecular weight excluding hydrogens is 180 g/mol. The molecule has 0 bridgehead atoms. The standard InChI is InChI=1S/C10H10N2O2/c13-9-6-8(12-9)10(14)11-7-4-2-1-3-5-7/h1-5,8H,6H2,(H,11,14)(H,12,13). The highest BCUT2D eigenvalue weighted by molar-refractivity contribution is 6.03. The summed E-state index contributed by atoms with van der Waals surface area (Å²) in [5.41, 5.74) is 0.749. The Bertz CT molecular complexity index is 354. The van der Waals surface area contributed by atoms with Gasteiger partial charge in [0.15, 0.2) is 0 Å². The monoisotopic (exact) mass is 190 g/mol. The Labute approximate surface area is 81.3 Å². The Balaban J connectivity index is 1.92. The molecule has 2 amide bonds. The van der Waals surface area contributed by atoms with Crippen LogP contribution in [-0.2, 0) is 9.59 Å². The van der Waals surface area contributed by atoms with Crippen LogP contribution in [0.2, 0.25) is 0 Å². The number of hydrogen-bond donors (Lipinski definition) is 2. The number of nitrogens with one attached hydrogen (secondary N) is 2. The zero-order valence-corrected chi connectivity index (χ0v) is 7.49. The smallest absolute Gasteiger partial charge is 0.247 e. The molecular formula is C10H10N2O2. The number of carbonyl (C=O) groups is 2. The zero-order valence-electron chi connectivity index (χ0n) is 7.49. The van der Waals surface area contributed by atoms with Crippen LogP contribution in [0, 0.1) is 0 Å². The molecule has 0 aliphatic carbocycles. The molecule has 0 aromatic heterocycles. The molecule has 2 rings (SSSR count). The molecule has 1 aliphatic rings. The Hall–Kier alpha value is -1.84. The maximum absolute atomic E-state index is 11.4. The summed E-state index contributed by atoms with van der Waals surface area (Å²) in [5.74, 6) is -0.228. The first-order valence-corrected chi connectivity index (χ1v) is 4.41. The van der Waals surface area contributed by atoms with E-state index in [1.807, 2.05) is 18.2 Å². The van der Waals surface area contributed by atoms with Gasteiger partial charge in [-0.25, -0.2) is 0 Å². The van der Waals surface area contributed by atoms with E-state index < -0.39 is 0 Å². The third-order valence-corrected chi connectivity index (χ3v) is 2.08. The van der Waals surface area contributed by atoms with E-state index in [1.54, 1.807) is 12.1 Å². The molecule has 2 N–H and O–H groups in total. The normalized spacial score (nSPS) is 19.4. The summed E-state index contributed by atoms with van der Waals surface area (Å²) in [6.45, 7) is 0. The third-order valence-electron chi connectivity index (χ3n) is 2.08. The summed E-state index contributed by atoms with van der Waals surface area (Å²) < 4.78 is 0. The topological polar surface area (TPSA) is 58.2 Å². The molecule has 1 aromatic rings. The van der Waals surface area contributed by atoms with Crippen LogP contribution < -0.4 is 10.6 Å². The fourth-order valence-electron chi connectivity index (χ4n) is 1.27. The van der Waals surface area contributed by atoms with Gasteiger partial charge in [0.1, 0.15) is 6.04 Å². The van der Waals surface area contributed by atoms with E-state index in [9.17, 15) is 9.59 Å². The second kappa shape index (κ2) is 3.49. The van der Waals surface area contributed by atoms with Crippen LogP contribution in [0.25, 0.3) is 0 Å². The number of hydrogen-bond acceptors (Lipinski definition) is 2. The average molecular weight is 190 g/mol. The second-order valence-electron chi connectivity index (χ2n) is 3.18. The van der Waals surface area contributed by atoms with Crippen molar-refractivity contribution in [3.8, 4) is 0 Å². The quantitative estimate of drug-likeness (QED) is 0.668. The maximum Gasteiger partial charge on any atom is 0.247 e. The minimum atomic E-state index is -0.359. The summed E-state index contributed by atoms with van der Waals surface area (Å²) in [6.07, 6.45) is 0.290. The van der Waals surface area contributed by atoms with Crippen LogP contribution in [0.5, 0.6) is 0 Å². The summed E-state index contributed by atoms with van der Waals surface area (Å²) in [5, 5.41) is 5.22. The van der Waals surface area contributed by atoms with Crippen LogP contribution in [0.4, 0.5) is 5.69 Å². The predicted molar refractivity (Wildman–Crippen MR) is 51.6 cm³/mol. The third kappa shape index (κ3) is 1.74. The number of benzene rings is 1. The van der Waals surface area contributed by atoms with E-state index >= 15 is 0 Å². The Morgan fingerprint density at radius 3 is 2.57 bits per heavy atom. The molecule has 4 heteroatoms.